The number of halogens is 7. The number of rotatable bonds is 5. The molecule has 0 spiro atoms. The van der Waals surface area contributed by atoms with Crippen LogP contribution in [0, 0.1) is 0 Å². The van der Waals surface area contributed by atoms with Crippen LogP contribution in [0.4, 0.5) is 26.3 Å². The van der Waals surface area contributed by atoms with E-state index in [1.54, 1.807) is 24.3 Å². The maximum Gasteiger partial charge on any atom is 0.416 e. The van der Waals surface area contributed by atoms with Gasteiger partial charge in [0.15, 0.2) is 5.69 Å². The van der Waals surface area contributed by atoms with Crippen molar-refractivity contribution in [3.05, 3.63) is 81.6 Å². The molecule has 1 heterocycles. The largest absolute Gasteiger partial charge is 0.416 e. The maximum atomic E-state index is 13.0. The van der Waals surface area contributed by atoms with Gasteiger partial charge in [-0.1, -0.05) is 35.0 Å². The monoisotopic (exact) mass is 476 g/mol. The lowest BCUT2D eigenvalue weighted by molar-refractivity contribution is -0.143. The van der Waals surface area contributed by atoms with Crippen LogP contribution in [0.2, 0.25) is 5.02 Å². The molecule has 0 bridgehead atoms. The molecular formula is C20H15ClF6N4O. The molecule has 3 aromatic rings. The van der Waals surface area contributed by atoms with Crippen LogP contribution in [0.1, 0.15) is 32.7 Å². The van der Waals surface area contributed by atoms with Crippen LogP contribution in [0.15, 0.2) is 48.7 Å². The molecule has 0 unspecified atom stereocenters. The molecule has 1 amide bonds. The second kappa shape index (κ2) is 8.81. The zero-order chi connectivity index (χ0) is 23.7. The minimum atomic E-state index is -4.96. The summed E-state index contributed by atoms with van der Waals surface area (Å²) in [6, 6.07) is 8.12. The predicted octanol–water partition coefficient (Wildman–Crippen LogP) is 5.29. The standard InChI is InChI=1S/C20H15ClF6N4O/c1-30(10-13-4-2-3-5-16(13)21)18(32)17-11-31(29-28-17)9-12-6-14(19(22,23)24)8-15(7-12)20(25,26)27/h2-8,11H,9-10H2,1H3. The first-order valence-corrected chi connectivity index (χ1v) is 9.40. The highest BCUT2D eigenvalue weighted by molar-refractivity contribution is 6.31. The van der Waals surface area contributed by atoms with Crippen LogP contribution < -0.4 is 0 Å². The number of hydrogen-bond donors (Lipinski definition) is 0. The van der Waals surface area contributed by atoms with E-state index in [-0.39, 0.29) is 23.9 Å². The molecular weight excluding hydrogens is 462 g/mol. The molecule has 0 aliphatic heterocycles. The lowest BCUT2D eigenvalue weighted by atomic mass is 10.0. The number of carbonyl (C=O) groups excluding carboxylic acids is 1. The van der Waals surface area contributed by atoms with Crippen molar-refractivity contribution in [1.82, 2.24) is 19.9 Å². The molecule has 0 saturated heterocycles. The van der Waals surface area contributed by atoms with E-state index in [0.717, 1.165) is 10.9 Å². The number of aromatic nitrogens is 3. The Kier molecular flexibility index (Phi) is 6.49. The number of alkyl halides is 6. The minimum Gasteiger partial charge on any atom is -0.336 e. The molecule has 0 fully saturated rings. The Morgan fingerprint density at radius 3 is 2.19 bits per heavy atom. The molecule has 0 saturated carbocycles. The van der Waals surface area contributed by atoms with Crippen LogP contribution in [0.3, 0.4) is 0 Å². The van der Waals surface area contributed by atoms with Crippen LogP contribution in [-0.2, 0) is 25.4 Å². The fraction of sp³-hybridized carbons (Fsp3) is 0.250. The van der Waals surface area contributed by atoms with Gasteiger partial charge in [-0.3, -0.25) is 4.79 Å². The number of hydrogen-bond acceptors (Lipinski definition) is 3. The van der Waals surface area contributed by atoms with Gasteiger partial charge in [-0.2, -0.15) is 26.3 Å². The van der Waals surface area contributed by atoms with Crippen LogP contribution in [0.25, 0.3) is 0 Å². The van der Waals surface area contributed by atoms with Crippen molar-refractivity contribution in [2.45, 2.75) is 25.4 Å². The Balaban J connectivity index is 1.80. The minimum absolute atomic E-state index is 0.0451. The summed E-state index contributed by atoms with van der Waals surface area (Å²) in [6.45, 7) is -0.282. The average Bonchev–Trinajstić information content (AvgIpc) is 3.16. The Morgan fingerprint density at radius 1 is 1.03 bits per heavy atom. The molecule has 32 heavy (non-hydrogen) atoms. The van der Waals surface area contributed by atoms with Crippen molar-refractivity contribution in [2.24, 2.45) is 0 Å². The van der Waals surface area contributed by atoms with E-state index in [2.05, 4.69) is 10.3 Å². The van der Waals surface area contributed by atoms with Gasteiger partial charge in [0.1, 0.15) is 0 Å². The van der Waals surface area contributed by atoms with Crippen molar-refractivity contribution in [3.8, 4) is 0 Å². The van der Waals surface area contributed by atoms with Crippen molar-refractivity contribution in [2.75, 3.05) is 7.05 Å². The second-order valence-corrected chi connectivity index (χ2v) is 7.38. The fourth-order valence-corrected chi connectivity index (χ4v) is 3.12. The second-order valence-electron chi connectivity index (χ2n) is 6.97. The van der Waals surface area contributed by atoms with E-state index in [1.165, 1.54) is 11.9 Å². The van der Waals surface area contributed by atoms with Crippen LogP contribution in [-0.4, -0.2) is 32.8 Å². The average molecular weight is 477 g/mol. The molecule has 5 nitrogen and oxygen atoms in total. The van der Waals surface area contributed by atoms with Crippen LogP contribution >= 0.6 is 11.6 Å². The summed E-state index contributed by atoms with van der Waals surface area (Å²) in [6.07, 6.45) is -8.76. The third kappa shape index (κ3) is 5.58. The Morgan fingerprint density at radius 2 is 1.62 bits per heavy atom. The first-order valence-electron chi connectivity index (χ1n) is 9.02. The number of benzene rings is 2. The summed E-state index contributed by atoms with van der Waals surface area (Å²) < 4.78 is 79.1. The summed E-state index contributed by atoms with van der Waals surface area (Å²) in [4.78, 5) is 13.9. The number of amides is 1. The summed E-state index contributed by atoms with van der Waals surface area (Å²) in [7, 11) is 1.49. The lowest BCUT2D eigenvalue weighted by Gasteiger charge is -2.16. The van der Waals surface area contributed by atoms with Gasteiger partial charge >= 0.3 is 12.4 Å². The third-order valence-corrected chi connectivity index (χ3v) is 4.83. The molecule has 0 aliphatic rings. The first-order chi connectivity index (χ1) is 14.8. The van der Waals surface area contributed by atoms with E-state index in [1.807, 2.05) is 0 Å². The van der Waals surface area contributed by atoms with E-state index in [4.69, 9.17) is 11.6 Å². The van der Waals surface area contributed by atoms with E-state index >= 15 is 0 Å². The van der Waals surface area contributed by atoms with E-state index in [9.17, 15) is 31.1 Å². The van der Waals surface area contributed by atoms with Gasteiger partial charge in [-0.05, 0) is 35.4 Å². The predicted molar refractivity (Wildman–Crippen MR) is 103 cm³/mol. The maximum absolute atomic E-state index is 13.0. The number of carbonyl (C=O) groups is 1. The highest BCUT2D eigenvalue weighted by Crippen LogP contribution is 2.36. The first kappa shape index (κ1) is 23.6. The van der Waals surface area contributed by atoms with Gasteiger partial charge in [-0.25, -0.2) is 4.68 Å². The van der Waals surface area contributed by atoms with Gasteiger partial charge in [0.05, 0.1) is 23.9 Å². The molecule has 0 radical (unpaired) electrons. The van der Waals surface area contributed by atoms with Crippen molar-refractivity contribution < 1.29 is 31.1 Å². The molecule has 0 atom stereocenters. The Hall–Kier alpha value is -3.08. The fourth-order valence-electron chi connectivity index (χ4n) is 2.92. The zero-order valence-corrected chi connectivity index (χ0v) is 17.1. The van der Waals surface area contributed by atoms with Gasteiger partial charge in [0.25, 0.3) is 5.91 Å². The summed E-state index contributed by atoms with van der Waals surface area (Å²) >= 11 is 6.07. The summed E-state index contributed by atoms with van der Waals surface area (Å²) in [5.41, 5.74) is -2.60. The Bertz CT molecular complexity index is 1090. The van der Waals surface area contributed by atoms with Gasteiger partial charge in [0.2, 0.25) is 0 Å². The number of nitrogens with zero attached hydrogens (tertiary/aromatic N) is 4. The van der Waals surface area contributed by atoms with Crippen LogP contribution in [0.5, 0.6) is 0 Å². The molecule has 12 heteroatoms. The van der Waals surface area contributed by atoms with Crippen molar-refractivity contribution >= 4 is 17.5 Å². The molecule has 0 aliphatic carbocycles. The van der Waals surface area contributed by atoms with Crippen molar-refractivity contribution in [1.29, 1.82) is 0 Å². The van der Waals surface area contributed by atoms with Gasteiger partial charge in [0, 0.05) is 18.6 Å². The van der Waals surface area contributed by atoms with E-state index < -0.39 is 35.9 Å². The summed E-state index contributed by atoms with van der Waals surface area (Å²) in [5.74, 6) is -0.545. The molecule has 0 N–H and O–H groups in total. The zero-order valence-electron chi connectivity index (χ0n) is 16.4. The highest BCUT2D eigenvalue weighted by Gasteiger charge is 2.37. The lowest BCUT2D eigenvalue weighted by Crippen LogP contribution is -2.26. The van der Waals surface area contributed by atoms with Gasteiger partial charge in [-0.15, -0.1) is 5.10 Å². The van der Waals surface area contributed by atoms with Gasteiger partial charge < -0.3 is 4.90 Å². The SMILES string of the molecule is CN(Cc1ccccc1Cl)C(=O)c1cn(Cc2cc(C(F)(F)F)cc(C(F)(F)F)c2)nn1. The highest BCUT2D eigenvalue weighted by atomic mass is 35.5. The van der Waals surface area contributed by atoms with E-state index in [0.29, 0.717) is 22.7 Å². The molecule has 3 rings (SSSR count). The third-order valence-electron chi connectivity index (χ3n) is 4.46. The normalized spacial score (nSPS) is 12.1. The summed E-state index contributed by atoms with van der Waals surface area (Å²) in [5, 5.41) is 7.80. The van der Waals surface area contributed by atoms with Crippen molar-refractivity contribution in [3.63, 3.8) is 0 Å². The smallest absolute Gasteiger partial charge is 0.336 e. The molecule has 170 valence electrons. The topological polar surface area (TPSA) is 51.0 Å². The Labute approximate surface area is 183 Å². The molecule has 1 aromatic heterocycles. The molecule has 2 aromatic carbocycles. The quantitative estimate of drug-likeness (QED) is 0.470.